The third-order valence-electron chi connectivity index (χ3n) is 3.90. The summed E-state index contributed by atoms with van der Waals surface area (Å²) < 4.78 is 26.4. The molecule has 0 atom stereocenters. The normalized spacial score (nSPS) is 13.9. The van der Waals surface area contributed by atoms with E-state index in [0.717, 1.165) is 30.5 Å². The van der Waals surface area contributed by atoms with E-state index < -0.39 is 11.6 Å². The zero-order chi connectivity index (χ0) is 13.7. The summed E-state index contributed by atoms with van der Waals surface area (Å²) in [5.74, 6) is -1.08. The van der Waals surface area contributed by atoms with Crippen LogP contribution in [0.25, 0.3) is 22.4 Å². The number of benzene rings is 2. The largest absolute Gasteiger partial charge is 0.338 e. The van der Waals surface area contributed by atoms with Crippen LogP contribution in [0.2, 0.25) is 0 Å². The van der Waals surface area contributed by atoms with Crippen LogP contribution >= 0.6 is 0 Å². The number of halogens is 2. The summed E-state index contributed by atoms with van der Waals surface area (Å²) in [5.41, 5.74) is 4.66. The van der Waals surface area contributed by atoms with Gasteiger partial charge in [0.1, 0.15) is 5.82 Å². The lowest BCUT2D eigenvalue weighted by atomic mass is 10.1. The van der Waals surface area contributed by atoms with E-state index in [1.54, 1.807) is 0 Å². The second-order valence-electron chi connectivity index (χ2n) is 5.21. The molecule has 2 nitrogen and oxygen atoms in total. The van der Waals surface area contributed by atoms with E-state index in [4.69, 9.17) is 0 Å². The first-order valence-corrected chi connectivity index (χ1v) is 6.68. The van der Waals surface area contributed by atoms with Crippen LogP contribution in [0, 0.1) is 11.6 Å². The molecule has 0 radical (unpaired) electrons. The van der Waals surface area contributed by atoms with Gasteiger partial charge in [-0.05, 0) is 36.5 Å². The molecule has 0 fully saturated rings. The number of nitrogens with one attached hydrogen (secondary N) is 1. The van der Waals surface area contributed by atoms with Gasteiger partial charge in [0.15, 0.2) is 11.6 Å². The van der Waals surface area contributed by atoms with Gasteiger partial charge in [0, 0.05) is 17.7 Å². The van der Waals surface area contributed by atoms with Crippen LogP contribution in [0.5, 0.6) is 0 Å². The molecule has 0 amide bonds. The first-order chi connectivity index (χ1) is 9.70. The smallest absolute Gasteiger partial charge is 0.161 e. The van der Waals surface area contributed by atoms with Crippen LogP contribution in [0.3, 0.4) is 0 Å². The highest BCUT2D eigenvalue weighted by Crippen LogP contribution is 2.28. The number of rotatable bonds is 1. The Bertz CT molecular complexity index is 782. The van der Waals surface area contributed by atoms with Crippen molar-refractivity contribution in [2.75, 3.05) is 0 Å². The molecule has 0 spiro atoms. The van der Waals surface area contributed by atoms with E-state index >= 15 is 0 Å². The molecule has 1 aliphatic rings. The molecule has 0 unspecified atom stereocenters. The molecule has 20 heavy (non-hydrogen) atoms. The fourth-order valence-corrected chi connectivity index (χ4v) is 2.86. The Kier molecular flexibility index (Phi) is 2.39. The van der Waals surface area contributed by atoms with Gasteiger partial charge in [-0.3, -0.25) is 0 Å². The Hall–Kier alpha value is -2.23. The molecule has 0 saturated heterocycles. The topological polar surface area (TPSA) is 28.7 Å². The maximum absolute atomic E-state index is 13.2. The molecule has 4 heteroatoms. The molecule has 1 N–H and O–H groups in total. The fourth-order valence-electron chi connectivity index (χ4n) is 2.86. The SMILES string of the molecule is Fc1cc2nc(-c3ccc4c(c3)CCC4)[nH]c2cc1F. The number of aromatic nitrogens is 2. The molecule has 0 aliphatic heterocycles. The van der Waals surface area contributed by atoms with Crippen LogP contribution in [0.15, 0.2) is 30.3 Å². The number of imidazole rings is 1. The van der Waals surface area contributed by atoms with Gasteiger partial charge in [-0.1, -0.05) is 12.1 Å². The third kappa shape index (κ3) is 1.72. The van der Waals surface area contributed by atoms with Gasteiger partial charge in [-0.15, -0.1) is 0 Å². The maximum atomic E-state index is 13.2. The first kappa shape index (κ1) is 11.6. The van der Waals surface area contributed by atoms with E-state index in [1.165, 1.54) is 17.5 Å². The quantitative estimate of drug-likeness (QED) is 0.711. The van der Waals surface area contributed by atoms with Crippen LogP contribution in [0.4, 0.5) is 8.78 Å². The molecule has 4 rings (SSSR count). The maximum Gasteiger partial charge on any atom is 0.161 e. The minimum absolute atomic E-state index is 0.444. The zero-order valence-electron chi connectivity index (χ0n) is 10.7. The van der Waals surface area contributed by atoms with Gasteiger partial charge in [0.2, 0.25) is 0 Å². The molecule has 3 aromatic rings. The standard InChI is InChI=1S/C16H12F2N2/c17-12-7-14-15(8-13(12)18)20-16(19-14)11-5-4-9-2-1-3-10(9)6-11/h4-8H,1-3H2,(H,19,20). The molecule has 2 aromatic carbocycles. The van der Waals surface area contributed by atoms with Gasteiger partial charge in [0.05, 0.1) is 11.0 Å². The van der Waals surface area contributed by atoms with Crippen molar-refractivity contribution >= 4 is 11.0 Å². The lowest BCUT2D eigenvalue weighted by molar-refractivity contribution is 0.510. The van der Waals surface area contributed by atoms with Crippen molar-refractivity contribution < 1.29 is 8.78 Å². The lowest BCUT2D eigenvalue weighted by Crippen LogP contribution is -1.85. The molecular formula is C16H12F2N2. The molecule has 0 saturated carbocycles. The molecule has 1 aromatic heterocycles. The summed E-state index contributed by atoms with van der Waals surface area (Å²) in [6.07, 6.45) is 3.41. The van der Waals surface area contributed by atoms with Gasteiger partial charge in [-0.2, -0.15) is 0 Å². The Balaban J connectivity index is 1.86. The predicted molar refractivity (Wildman–Crippen MR) is 73.5 cm³/mol. The fraction of sp³-hybridized carbons (Fsp3) is 0.188. The van der Waals surface area contributed by atoms with Crippen LogP contribution in [-0.4, -0.2) is 9.97 Å². The monoisotopic (exact) mass is 270 g/mol. The second-order valence-corrected chi connectivity index (χ2v) is 5.21. The van der Waals surface area contributed by atoms with Crippen molar-refractivity contribution in [3.8, 4) is 11.4 Å². The average Bonchev–Trinajstić information content (AvgIpc) is 3.04. The predicted octanol–water partition coefficient (Wildman–Crippen LogP) is 4.00. The van der Waals surface area contributed by atoms with Crippen molar-refractivity contribution in [3.05, 3.63) is 53.1 Å². The van der Waals surface area contributed by atoms with Crippen molar-refractivity contribution in [3.63, 3.8) is 0 Å². The number of fused-ring (bicyclic) bond motifs is 2. The summed E-state index contributed by atoms with van der Waals surface area (Å²) in [6.45, 7) is 0. The van der Waals surface area contributed by atoms with Gasteiger partial charge >= 0.3 is 0 Å². The minimum Gasteiger partial charge on any atom is -0.338 e. The van der Waals surface area contributed by atoms with Gasteiger partial charge < -0.3 is 4.98 Å². The number of H-pyrrole nitrogens is 1. The summed E-state index contributed by atoms with van der Waals surface area (Å²) in [6, 6.07) is 8.51. The molecule has 100 valence electrons. The van der Waals surface area contributed by atoms with E-state index in [9.17, 15) is 8.78 Å². The summed E-state index contributed by atoms with van der Waals surface area (Å²) in [4.78, 5) is 7.40. The molecule has 1 heterocycles. The minimum atomic E-state index is -0.871. The number of hydrogen-bond donors (Lipinski definition) is 1. The van der Waals surface area contributed by atoms with Crippen LogP contribution < -0.4 is 0 Å². The highest BCUT2D eigenvalue weighted by molar-refractivity contribution is 5.79. The third-order valence-corrected chi connectivity index (χ3v) is 3.90. The second kappa shape index (κ2) is 4.13. The van der Waals surface area contributed by atoms with Crippen LogP contribution in [0.1, 0.15) is 17.5 Å². The Morgan fingerprint density at radius 3 is 2.65 bits per heavy atom. The van der Waals surface area contributed by atoms with E-state index in [0.29, 0.717) is 16.9 Å². The lowest BCUT2D eigenvalue weighted by Gasteiger charge is -2.01. The number of aryl methyl sites for hydroxylation is 2. The zero-order valence-corrected chi connectivity index (χ0v) is 10.7. The van der Waals surface area contributed by atoms with E-state index in [1.807, 2.05) is 6.07 Å². The summed E-state index contributed by atoms with van der Waals surface area (Å²) in [5, 5.41) is 0. The number of hydrogen-bond acceptors (Lipinski definition) is 1. The molecule has 0 bridgehead atoms. The van der Waals surface area contributed by atoms with Crippen molar-refractivity contribution in [1.29, 1.82) is 0 Å². The highest BCUT2D eigenvalue weighted by atomic mass is 19.2. The van der Waals surface area contributed by atoms with E-state index in [-0.39, 0.29) is 0 Å². The first-order valence-electron chi connectivity index (χ1n) is 6.68. The Labute approximate surface area is 114 Å². The Morgan fingerprint density at radius 1 is 0.950 bits per heavy atom. The van der Waals surface area contributed by atoms with E-state index in [2.05, 4.69) is 22.1 Å². The average molecular weight is 270 g/mol. The van der Waals surface area contributed by atoms with Crippen molar-refractivity contribution in [1.82, 2.24) is 9.97 Å². The van der Waals surface area contributed by atoms with Crippen LogP contribution in [-0.2, 0) is 12.8 Å². The Morgan fingerprint density at radius 2 is 1.75 bits per heavy atom. The molecule has 1 aliphatic carbocycles. The summed E-state index contributed by atoms with van der Waals surface area (Å²) in [7, 11) is 0. The summed E-state index contributed by atoms with van der Waals surface area (Å²) >= 11 is 0. The number of aromatic amines is 1. The highest BCUT2D eigenvalue weighted by Gasteiger charge is 2.14. The van der Waals surface area contributed by atoms with Crippen molar-refractivity contribution in [2.45, 2.75) is 19.3 Å². The number of nitrogens with zero attached hydrogens (tertiary/aromatic N) is 1. The van der Waals surface area contributed by atoms with Gasteiger partial charge in [0.25, 0.3) is 0 Å². The van der Waals surface area contributed by atoms with Gasteiger partial charge in [-0.25, -0.2) is 13.8 Å². The van der Waals surface area contributed by atoms with Crippen molar-refractivity contribution in [2.24, 2.45) is 0 Å². The molecular weight excluding hydrogens is 258 g/mol.